The number of hydrogen-bond acceptors (Lipinski definition) is 4. The molecule has 0 unspecified atom stereocenters. The van der Waals surface area contributed by atoms with E-state index in [1.807, 2.05) is 48.7 Å². The lowest BCUT2D eigenvalue weighted by Crippen LogP contribution is -2.05. The number of para-hydroxylation sites is 1. The average Bonchev–Trinajstić information content (AvgIpc) is 3.39. The first-order chi connectivity index (χ1) is 16.0. The van der Waals surface area contributed by atoms with E-state index in [4.69, 9.17) is 44.6 Å². The van der Waals surface area contributed by atoms with Crippen molar-refractivity contribution in [1.82, 2.24) is 9.78 Å². The van der Waals surface area contributed by atoms with Gasteiger partial charge >= 0.3 is 5.97 Å². The van der Waals surface area contributed by atoms with Crippen LogP contribution >= 0.6 is 34.8 Å². The highest BCUT2D eigenvalue weighted by atomic mass is 35.5. The quantitative estimate of drug-likeness (QED) is 0.230. The van der Waals surface area contributed by atoms with Gasteiger partial charge < -0.3 is 4.74 Å². The molecule has 0 aliphatic carbocycles. The number of esters is 1. The summed E-state index contributed by atoms with van der Waals surface area (Å²) in [7, 11) is 0. The Morgan fingerprint density at radius 3 is 2.33 bits per heavy atom. The molecule has 0 spiro atoms. The number of cyclic esters (lactones) is 1. The van der Waals surface area contributed by atoms with Gasteiger partial charge in [0.25, 0.3) is 0 Å². The smallest absolute Gasteiger partial charge is 0.363 e. The predicted octanol–water partition coefficient (Wildman–Crippen LogP) is 6.84. The summed E-state index contributed by atoms with van der Waals surface area (Å²) in [6, 6.07) is 21.9. The van der Waals surface area contributed by atoms with Crippen molar-refractivity contribution in [3.8, 4) is 16.9 Å². The van der Waals surface area contributed by atoms with Crippen LogP contribution in [0.25, 0.3) is 23.0 Å². The van der Waals surface area contributed by atoms with E-state index in [9.17, 15) is 4.79 Å². The molecule has 0 N–H and O–H groups in total. The summed E-state index contributed by atoms with van der Waals surface area (Å²) >= 11 is 18.3. The fourth-order valence-electron chi connectivity index (χ4n) is 3.37. The highest BCUT2D eigenvalue weighted by Gasteiger charge is 2.26. The number of aliphatic imine (C=N–C) groups is 1. The molecule has 0 radical (unpaired) electrons. The molecule has 5 rings (SSSR count). The van der Waals surface area contributed by atoms with Crippen molar-refractivity contribution >= 4 is 52.7 Å². The summed E-state index contributed by atoms with van der Waals surface area (Å²) in [5.41, 5.74) is 3.71. The average molecular weight is 495 g/mol. The van der Waals surface area contributed by atoms with Gasteiger partial charge in [-0.05, 0) is 48.5 Å². The molecular weight excluding hydrogens is 481 g/mol. The molecule has 1 aliphatic heterocycles. The largest absolute Gasteiger partial charge is 0.402 e. The fraction of sp³-hybridized carbons (Fsp3) is 0. The Morgan fingerprint density at radius 1 is 0.879 bits per heavy atom. The van der Waals surface area contributed by atoms with Crippen LogP contribution < -0.4 is 0 Å². The Balaban J connectivity index is 1.60. The first-order valence-corrected chi connectivity index (χ1v) is 11.0. The molecule has 5 nitrogen and oxygen atoms in total. The van der Waals surface area contributed by atoms with E-state index in [1.54, 1.807) is 41.1 Å². The van der Waals surface area contributed by atoms with Gasteiger partial charge in [-0.2, -0.15) is 5.10 Å². The van der Waals surface area contributed by atoms with E-state index in [1.165, 1.54) is 0 Å². The summed E-state index contributed by atoms with van der Waals surface area (Å²) in [4.78, 5) is 17.0. The number of aromatic nitrogens is 2. The molecule has 0 amide bonds. The number of ether oxygens (including phenoxy) is 1. The summed E-state index contributed by atoms with van der Waals surface area (Å²) in [5, 5.41) is 6.18. The van der Waals surface area contributed by atoms with E-state index in [0.717, 1.165) is 11.3 Å². The van der Waals surface area contributed by atoms with Crippen LogP contribution in [0.2, 0.25) is 15.1 Å². The van der Waals surface area contributed by atoms with Gasteiger partial charge in [0, 0.05) is 27.4 Å². The maximum Gasteiger partial charge on any atom is 0.363 e. The molecule has 0 bridgehead atoms. The molecule has 2 heterocycles. The van der Waals surface area contributed by atoms with Gasteiger partial charge in [0.05, 0.1) is 16.3 Å². The highest BCUT2D eigenvalue weighted by molar-refractivity contribution is 6.37. The SMILES string of the molecule is O=C1OC(c2ccc(Cl)cc2Cl)=N/C1=C\c1cn(-c2ccccc2)nc1-c1ccc(Cl)cc1. The number of halogens is 3. The third-order valence-corrected chi connectivity index (χ3v) is 5.75. The van der Waals surface area contributed by atoms with Crippen LogP contribution in [0.15, 0.2) is 89.7 Å². The minimum Gasteiger partial charge on any atom is -0.402 e. The van der Waals surface area contributed by atoms with E-state index in [2.05, 4.69) is 4.99 Å². The number of carbonyl (C=O) groups excluding carboxylic acids is 1. The lowest BCUT2D eigenvalue weighted by atomic mass is 10.1. The van der Waals surface area contributed by atoms with Crippen LogP contribution in [-0.4, -0.2) is 21.6 Å². The Bertz CT molecular complexity index is 1430. The van der Waals surface area contributed by atoms with Crippen molar-refractivity contribution < 1.29 is 9.53 Å². The monoisotopic (exact) mass is 493 g/mol. The van der Waals surface area contributed by atoms with E-state index in [-0.39, 0.29) is 11.6 Å². The fourth-order valence-corrected chi connectivity index (χ4v) is 3.99. The zero-order valence-electron chi connectivity index (χ0n) is 16.9. The molecule has 33 heavy (non-hydrogen) atoms. The number of carbonyl (C=O) groups is 1. The van der Waals surface area contributed by atoms with Crippen molar-refractivity contribution in [2.45, 2.75) is 0 Å². The van der Waals surface area contributed by atoms with Gasteiger partial charge in [-0.1, -0.05) is 65.1 Å². The minimum atomic E-state index is -0.578. The number of benzene rings is 3. The maximum absolute atomic E-state index is 12.6. The molecule has 3 aromatic carbocycles. The van der Waals surface area contributed by atoms with Crippen molar-refractivity contribution in [2.75, 3.05) is 0 Å². The summed E-state index contributed by atoms with van der Waals surface area (Å²) in [5.74, 6) is -0.457. The van der Waals surface area contributed by atoms with Gasteiger partial charge in [-0.25, -0.2) is 14.5 Å². The van der Waals surface area contributed by atoms with Crippen LogP contribution in [0.1, 0.15) is 11.1 Å². The molecular formula is C25H14Cl3N3O2. The normalized spacial score (nSPS) is 14.5. The first kappa shape index (κ1) is 21.5. The predicted molar refractivity (Wildman–Crippen MR) is 131 cm³/mol. The molecule has 1 aliphatic rings. The second-order valence-electron chi connectivity index (χ2n) is 7.18. The van der Waals surface area contributed by atoms with Crippen LogP contribution in [-0.2, 0) is 9.53 Å². The highest BCUT2D eigenvalue weighted by Crippen LogP contribution is 2.30. The van der Waals surface area contributed by atoms with Crippen LogP contribution in [0.5, 0.6) is 0 Å². The maximum atomic E-state index is 12.6. The Morgan fingerprint density at radius 2 is 1.61 bits per heavy atom. The van der Waals surface area contributed by atoms with Crippen LogP contribution in [0.4, 0.5) is 0 Å². The standard InChI is InChI=1S/C25H14Cl3N3O2/c26-17-8-6-15(7-9-17)23-16(14-31(30-23)19-4-2-1-3-5-19)12-22-25(32)33-24(29-22)20-11-10-18(27)13-21(20)28/h1-14H/b22-12-. The van der Waals surface area contributed by atoms with E-state index >= 15 is 0 Å². The molecule has 0 saturated heterocycles. The number of rotatable bonds is 4. The van der Waals surface area contributed by atoms with Gasteiger partial charge in [0.1, 0.15) is 5.69 Å². The van der Waals surface area contributed by atoms with Gasteiger partial charge in [-0.15, -0.1) is 0 Å². The second-order valence-corrected chi connectivity index (χ2v) is 8.46. The van der Waals surface area contributed by atoms with E-state index in [0.29, 0.717) is 31.9 Å². The molecule has 0 atom stereocenters. The van der Waals surface area contributed by atoms with Crippen molar-refractivity contribution in [3.05, 3.63) is 111 Å². The zero-order valence-corrected chi connectivity index (χ0v) is 19.1. The molecule has 162 valence electrons. The molecule has 4 aromatic rings. The van der Waals surface area contributed by atoms with Gasteiger partial charge in [0.15, 0.2) is 5.70 Å². The summed E-state index contributed by atoms with van der Waals surface area (Å²) < 4.78 is 7.12. The van der Waals surface area contributed by atoms with Crippen LogP contribution in [0.3, 0.4) is 0 Å². The van der Waals surface area contributed by atoms with Crippen molar-refractivity contribution in [1.29, 1.82) is 0 Å². The summed E-state index contributed by atoms with van der Waals surface area (Å²) in [6.45, 7) is 0. The van der Waals surface area contributed by atoms with Gasteiger partial charge in [-0.3, -0.25) is 0 Å². The number of hydrogen-bond donors (Lipinski definition) is 0. The third kappa shape index (κ3) is 4.44. The van der Waals surface area contributed by atoms with Gasteiger partial charge in [0.2, 0.25) is 5.90 Å². The molecule has 0 fully saturated rings. The molecule has 0 saturated carbocycles. The topological polar surface area (TPSA) is 56.5 Å². The summed E-state index contributed by atoms with van der Waals surface area (Å²) in [6.07, 6.45) is 3.48. The third-order valence-electron chi connectivity index (χ3n) is 4.96. The zero-order chi connectivity index (χ0) is 22.9. The first-order valence-electron chi connectivity index (χ1n) is 9.87. The van der Waals surface area contributed by atoms with Crippen molar-refractivity contribution in [2.24, 2.45) is 4.99 Å². The lowest BCUT2D eigenvalue weighted by Gasteiger charge is -2.02. The van der Waals surface area contributed by atoms with Crippen LogP contribution in [0, 0.1) is 0 Å². The lowest BCUT2D eigenvalue weighted by molar-refractivity contribution is -0.129. The second kappa shape index (κ2) is 8.87. The Kier molecular flexibility index (Phi) is 5.77. The number of nitrogens with zero attached hydrogens (tertiary/aromatic N) is 3. The molecule has 8 heteroatoms. The Hall–Kier alpha value is -3.38. The minimum absolute atomic E-state index is 0.122. The van der Waals surface area contributed by atoms with E-state index < -0.39 is 5.97 Å². The molecule has 1 aromatic heterocycles. The van der Waals surface area contributed by atoms with Crippen molar-refractivity contribution in [3.63, 3.8) is 0 Å². The Labute approximate surface area is 204 Å².